The van der Waals surface area contributed by atoms with E-state index >= 15 is 0 Å². The van der Waals surface area contributed by atoms with E-state index in [0.29, 0.717) is 76.6 Å². The second kappa shape index (κ2) is 10.1. The minimum Gasteiger partial charge on any atom is -0.493 e. The molecule has 0 bridgehead atoms. The summed E-state index contributed by atoms with van der Waals surface area (Å²) in [6.07, 6.45) is 1.70. The molecule has 2 fully saturated rings. The predicted molar refractivity (Wildman–Crippen MR) is 118 cm³/mol. The molecule has 2 amide bonds. The van der Waals surface area contributed by atoms with Crippen LogP contribution >= 0.6 is 0 Å². The first kappa shape index (κ1) is 22.3. The summed E-state index contributed by atoms with van der Waals surface area (Å²) in [5.41, 5.74) is 0.295. The van der Waals surface area contributed by atoms with E-state index in [1.54, 1.807) is 12.1 Å². The van der Waals surface area contributed by atoms with Crippen LogP contribution in [0.25, 0.3) is 0 Å². The van der Waals surface area contributed by atoms with Gasteiger partial charge in [0.1, 0.15) is 11.6 Å². The van der Waals surface area contributed by atoms with Crippen molar-refractivity contribution in [3.8, 4) is 5.75 Å². The minimum atomic E-state index is -0.378. The van der Waals surface area contributed by atoms with Gasteiger partial charge in [0.05, 0.1) is 19.8 Å². The highest BCUT2D eigenvalue weighted by atomic mass is 19.1. The zero-order valence-corrected chi connectivity index (χ0v) is 18.2. The average molecular weight is 441 g/mol. The molecule has 4 rings (SSSR count). The molecule has 170 valence electrons. The molecule has 6 nitrogen and oxygen atoms in total. The highest BCUT2D eigenvalue weighted by molar-refractivity contribution is 5.94. The fraction of sp³-hybridized carbons (Fsp3) is 0.440. The van der Waals surface area contributed by atoms with Crippen molar-refractivity contribution in [2.24, 2.45) is 5.41 Å². The summed E-state index contributed by atoms with van der Waals surface area (Å²) in [7, 11) is 0. The first-order valence-electron chi connectivity index (χ1n) is 11.1. The lowest BCUT2D eigenvalue weighted by molar-refractivity contribution is -0.139. The molecule has 0 spiro atoms. The maximum atomic E-state index is 13.2. The lowest BCUT2D eigenvalue weighted by Gasteiger charge is -2.42. The minimum absolute atomic E-state index is 0.0122. The van der Waals surface area contributed by atoms with Crippen LogP contribution in [-0.4, -0.2) is 67.6 Å². The molecule has 0 N–H and O–H groups in total. The summed E-state index contributed by atoms with van der Waals surface area (Å²) >= 11 is 0. The van der Waals surface area contributed by atoms with Crippen LogP contribution in [-0.2, 0) is 9.53 Å². The van der Waals surface area contributed by atoms with Gasteiger partial charge in [-0.15, -0.1) is 0 Å². The van der Waals surface area contributed by atoms with Gasteiger partial charge in [0.25, 0.3) is 5.91 Å². The number of morpholine rings is 1. The van der Waals surface area contributed by atoms with Gasteiger partial charge >= 0.3 is 0 Å². The van der Waals surface area contributed by atoms with E-state index in [1.807, 2.05) is 40.1 Å². The van der Waals surface area contributed by atoms with Crippen LogP contribution < -0.4 is 4.74 Å². The first-order chi connectivity index (χ1) is 15.5. The second-order valence-electron chi connectivity index (χ2n) is 8.57. The van der Waals surface area contributed by atoms with Crippen LogP contribution in [0.4, 0.5) is 4.39 Å². The molecule has 32 heavy (non-hydrogen) atoms. The summed E-state index contributed by atoms with van der Waals surface area (Å²) in [6.45, 7) is 3.81. The molecule has 2 aliphatic rings. The summed E-state index contributed by atoms with van der Waals surface area (Å²) in [5, 5.41) is 0. The van der Waals surface area contributed by atoms with Gasteiger partial charge < -0.3 is 19.3 Å². The highest BCUT2D eigenvalue weighted by Gasteiger charge is 2.40. The number of hydrogen-bond donors (Lipinski definition) is 0. The topological polar surface area (TPSA) is 59.1 Å². The first-order valence-corrected chi connectivity index (χ1v) is 11.1. The van der Waals surface area contributed by atoms with Crippen LogP contribution in [0.1, 0.15) is 29.6 Å². The number of benzene rings is 2. The number of piperidine rings is 1. The number of amides is 2. The smallest absolute Gasteiger partial charge is 0.253 e. The summed E-state index contributed by atoms with van der Waals surface area (Å²) in [4.78, 5) is 29.6. The molecule has 0 aliphatic carbocycles. The fourth-order valence-electron chi connectivity index (χ4n) is 4.33. The maximum Gasteiger partial charge on any atom is 0.253 e. The van der Waals surface area contributed by atoms with Gasteiger partial charge in [-0.1, -0.05) is 18.2 Å². The molecule has 2 aliphatic heterocycles. The van der Waals surface area contributed by atoms with Gasteiger partial charge in [-0.25, -0.2) is 4.39 Å². The molecule has 2 aromatic carbocycles. The van der Waals surface area contributed by atoms with Gasteiger partial charge in [0, 0.05) is 43.6 Å². The Morgan fingerprint density at radius 1 is 0.906 bits per heavy atom. The van der Waals surface area contributed by atoms with Gasteiger partial charge in [0.2, 0.25) is 5.91 Å². The molecule has 2 aromatic rings. The Balaban J connectivity index is 1.44. The van der Waals surface area contributed by atoms with Crippen LogP contribution in [0.5, 0.6) is 5.75 Å². The van der Waals surface area contributed by atoms with Gasteiger partial charge in [0.15, 0.2) is 0 Å². The molecule has 7 heteroatoms. The number of carbonyl (C=O) groups excluding carboxylic acids is 2. The fourth-order valence-corrected chi connectivity index (χ4v) is 4.33. The zero-order chi connectivity index (χ0) is 22.4. The molecular weight excluding hydrogens is 411 g/mol. The van der Waals surface area contributed by atoms with E-state index in [2.05, 4.69) is 0 Å². The van der Waals surface area contributed by atoms with E-state index in [4.69, 9.17) is 9.47 Å². The Bertz CT molecular complexity index is 905. The lowest BCUT2D eigenvalue weighted by Crippen LogP contribution is -2.49. The van der Waals surface area contributed by atoms with Crippen molar-refractivity contribution >= 4 is 11.8 Å². The third kappa shape index (κ3) is 5.46. The number of halogens is 1. The number of carbonyl (C=O) groups is 2. The number of likely N-dealkylation sites (tertiary alicyclic amines) is 1. The number of nitrogens with zero attached hydrogens (tertiary/aromatic N) is 2. The molecule has 2 saturated heterocycles. The van der Waals surface area contributed by atoms with Crippen LogP contribution in [0.15, 0.2) is 54.6 Å². The van der Waals surface area contributed by atoms with E-state index in [9.17, 15) is 14.0 Å². The molecule has 0 unspecified atom stereocenters. The zero-order valence-electron chi connectivity index (χ0n) is 18.2. The van der Waals surface area contributed by atoms with Crippen LogP contribution in [0.2, 0.25) is 0 Å². The predicted octanol–water partition coefficient (Wildman–Crippen LogP) is 3.38. The molecule has 0 radical (unpaired) electrons. The van der Waals surface area contributed by atoms with Gasteiger partial charge in [-0.3, -0.25) is 9.59 Å². The Morgan fingerprint density at radius 2 is 1.56 bits per heavy atom. The number of rotatable bonds is 6. The summed E-state index contributed by atoms with van der Waals surface area (Å²) < 4.78 is 24.6. The Hall–Kier alpha value is -2.93. The lowest BCUT2D eigenvalue weighted by atomic mass is 9.75. The van der Waals surface area contributed by atoms with Gasteiger partial charge in [-0.05, 0) is 49.2 Å². The number of hydrogen-bond acceptors (Lipinski definition) is 4. The van der Waals surface area contributed by atoms with Crippen LogP contribution in [0.3, 0.4) is 0 Å². The molecular formula is C25H29FN2O4. The SMILES string of the molecule is O=C(CC1(COc2ccc(F)cc2)CCN(C(=O)c2ccccc2)CC1)N1CCOCC1. The average Bonchev–Trinajstić information content (AvgIpc) is 2.85. The Kier molecular flexibility index (Phi) is 7.05. The van der Waals surface area contributed by atoms with Crippen molar-refractivity contribution in [2.45, 2.75) is 19.3 Å². The molecule has 0 saturated carbocycles. The van der Waals surface area contributed by atoms with E-state index in [-0.39, 0.29) is 23.0 Å². The summed E-state index contributed by atoms with van der Waals surface area (Å²) in [5.74, 6) is 0.367. The van der Waals surface area contributed by atoms with Crippen molar-refractivity contribution in [1.82, 2.24) is 9.80 Å². The van der Waals surface area contributed by atoms with Gasteiger partial charge in [-0.2, -0.15) is 0 Å². The molecule has 0 aromatic heterocycles. The van der Waals surface area contributed by atoms with Crippen molar-refractivity contribution in [2.75, 3.05) is 46.0 Å². The monoisotopic (exact) mass is 440 g/mol. The number of ether oxygens (including phenoxy) is 2. The molecule has 0 atom stereocenters. The van der Waals surface area contributed by atoms with Crippen molar-refractivity contribution in [3.63, 3.8) is 0 Å². The van der Waals surface area contributed by atoms with Crippen molar-refractivity contribution in [1.29, 1.82) is 0 Å². The standard InChI is InChI=1S/C25H29FN2O4/c26-21-6-8-22(9-7-21)32-19-25(18-23(29)27-14-16-31-17-15-27)10-12-28(13-11-25)24(30)20-4-2-1-3-5-20/h1-9H,10-19H2. The van der Waals surface area contributed by atoms with Crippen molar-refractivity contribution in [3.05, 3.63) is 66.0 Å². The largest absolute Gasteiger partial charge is 0.493 e. The highest BCUT2D eigenvalue weighted by Crippen LogP contribution is 2.37. The normalized spacial score (nSPS) is 18.3. The Morgan fingerprint density at radius 3 is 2.22 bits per heavy atom. The third-order valence-corrected chi connectivity index (χ3v) is 6.38. The van der Waals surface area contributed by atoms with E-state index in [1.165, 1.54) is 12.1 Å². The molecule has 2 heterocycles. The Labute approximate surface area is 187 Å². The van der Waals surface area contributed by atoms with Crippen molar-refractivity contribution < 1.29 is 23.5 Å². The third-order valence-electron chi connectivity index (χ3n) is 6.38. The quantitative estimate of drug-likeness (QED) is 0.691. The van der Waals surface area contributed by atoms with E-state index in [0.717, 1.165) is 0 Å². The maximum absolute atomic E-state index is 13.2. The van der Waals surface area contributed by atoms with Crippen LogP contribution in [0, 0.1) is 11.2 Å². The second-order valence-corrected chi connectivity index (χ2v) is 8.57. The summed E-state index contributed by atoms with van der Waals surface area (Å²) in [6, 6.07) is 15.2. The van der Waals surface area contributed by atoms with E-state index < -0.39 is 0 Å².